The van der Waals surface area contributed by atoms with Crippen LogP contribution in [0.5, 0.6) is 11.5 Å². The van der Waals surface area contributed by atoms with Gasteiger partial charge >= 0.3 is 0 Å². The Hall–Kier alpha value is -3.27. The van der Waals surface area contributed by atoms with E-state index < -0.39 is 28.5 Å². The van der Waals surface area contributed by atoms with E-state index in [-0.39, 0.29) is 18.2 Å². The molecule has 1 heterocycles. The maximum Gasteiger partial charge on any atom is 0.244 e. The summed E-state index contributed by atoms with van der Waals surface area (Å²) in [6, 6.07) is 13.8. The topological polar surface area (TPSA) is 105 Å². The monoisotopic (exact) mass is 517 g/mol. The summed E-state index contributed by atoms with van der Waals surface area (Å²) in [5.41, 5.74) is 1.33. The molecule has 36 heavy (non-hydrogen) atoms. The van der Waals surface area contributed by atoms with Crippen LogP contribution >= 0.6 is 0 Å². The van der Waals surface area contributed by atoms with Crippen LogP contribution in [-0.4, -0.2) is 69.8 Å². The molecule has 10 heteroatoms. The zero-order valence-electron chi connectivity index (χ0n) is 21.1. The lowest BCUT2D eigenvalue weighted by Gasteiger charge is -2.33. The molecule has 0 saturated heterocycles. The van der Waals surface area contributed by atoms with E-state index in [0.29, 0.717) is 49.8 Å². The Balaban J connectivity index is 1.92. The van der Waals surface area contributed by atoms with Gasteiger partial charge in [-0.05, 0) is 44.4 Å². The second kappa shape index (κ2) is 12.6. The Morgan fingerprint density at radius 1 is 1.00 bits per heavy atom. The van der Waals surface area contributed by atoms with Gasteiger partial charge in [-0.25, -0.2) is 8.42 Å². The molecule has 1 atom stereocenters. The van der Waals surface area contributed by atoms with Crippen LogP contribution in [0.3, 0.4) is 0 Å². The van der Waals surface area contributed by atoms with Crippen LogP contribution in [0.2, 0.25) is 0 Å². The number of nitrogens with zero attached hydrogens (tertiary/aromatic N) is 2. The molecule has 0 unspecified atom stereocenters. The third-order valence-corrected chi connectivity index (χ3v) is 7.76. The van der Waals surface area contributed by atoms with Crippen molar-refractivity contribution in [3.63, 3.8) is 0 Å². The molecule has 0 bridgehead atoms. The molecule has 0 radical (unpaired) electrons. The van der Waals surface area contributed by atoms with Crippen LogP contribution in [0.1, 0.15) is 32.8 Å². The predicted molar refractivity (Wildman–Crippen MR) is 139 cm³/mol. The average molecular weight is 518 g/mol. The Morgan fingerprint density at radius 3 is 2.33 bits per heavy atom. The van der Waals surface area contributed by atoms with Crippen LogP contribution in [-0.2, 0) is 26.0 Å². The van der Waals surface area contributed by atoms with Gasteiger partial charge in [-0.1, -0.05) is 37.3 Å². The summed E-state index contributed by atoms with van der Waals surface area (Å²) in [7, 11) is -3.81. The molecule has 0 saturated carbocycles. The molecule has 1 aliphatic rings. The number of hydrogen-bond donors (Lipinski definition) is 1. The van der Waals surface area contributed by atoms with Crippen molar-refractivity contribution in [3.8, 4) is 11.5 Å². The first-order valence-electron chi connectivity index (χ1n) is 12.3. The first kappa shape index (κ1) is 27.3. The van der Waals surface area contributed by atoms with Crippen LogP contribution in [0.15, 0.2) is 48.5 Å². The summed E-state index contributed by atoms with van der Waals surface area (Å²) in [5, 5.41) is 2.80. The Labute approximate surface area is 213 Å². The molecular formula is C26H35N3O6S. The predicted octanol–water partition coefficient (Wildman–Crippen LogP) is 2.60. The van der Waals surface area contributed by atoms with Crippen LogP contribution in [0.4, 0.5) is 5.69 Å². The number of carbonyl (C=O) groups is 2. The van der Waals surface area contributed by atoms with Crippen molar-refractivity contribution in [3.05, 3.63) is 54.1 Å². The molecule has 0 aromatic heterocycles. The Bertz CT molecular complexity index is 1140. The molecule has 1 N–H and O–H groups in total. The van der Waals surface area contributed by atoms with Gasteiger partial charge in [-0.15, -0.1) is 0 Å². The van der Waals surface area contributed by atoms with Gasteiger partial charge in [-0.2, -0.15) is 0 Å². The van der Waals surface area contributed by atoms with Crippen LogP contribution in [0.25, 0.3) is 0 Å². The summed E-state index contributed by atoms with van der Waals surface area (Å²) < 4.78 is 38.4. The van der Waals surface area contributed by atoms with Gasteiger partial charge in [0.25, 0.3) is 0 Å². The number of carbonyl (C=O) groups excluding carboxylic acids is 2. The van der Waals surface area contributed by atoms with Gasteiger partial charge in [0, 0.05) is 19.2 Å². The van der Waals surface area contributed by atoms with E-state index in [1.807, 2.05) is 44.2 Å². The van der Waals surface area contributed by atoms with Crippen molar-refractivity contribution in [2.75, 3.05) is 42.9 Å². The molecule has 1 aliphatic heterocycles. The van der Waals surface area contributed by atoms with E-state index in [2.05, 4.69) is 5.32 Å². The summed E-state index contributed by atoms with van der Waals surface area (Å²) in [6.07, 6.45) is 0.934. The fourth-order valence-electron chi connectivity index (χ4n) is 4.09. The molecule has 2 aromatic carbocycles. The third kappa shape index (κ3) is 6.69. The molecule has 0 spiro atoms. The highest BCUT2D eigenvalue weighted by Crippen LogP contribution is 2.35. The van der Waals surface area contributed by atoms with Crippen LogP contribution < -0.4 is 19.1 Å². The summed E-state index contributed by atoms with van der Waals surface area (Å²) in [6.45, 7) is 6.23. The van der Waals surface area contributed by atoms with E-state index in [4.69, 9.17) is 9.47 Å². The quantitative estimate of drug-likeness (QED) is 0.464. The number of hydrogen-bond acceptors (Lipinski definition) is 6. The van der Waals surface area contributed by atoms with Gasteiger partial charge in [-0.3, -0.25) is 13.9 Å². The van der Waals surface area contributed by atoms with Crippen molar-refractivity contribution in [2.45, 2.75) is 39.7 Å². The molecule has 9 nitrogen and oxygen atoms in total. The van der Waals surface area contributed by atoms with E-state index in [1.54, 1.807) is 18.2 Å². The maximum atomic E-state index is 13.7. The minimum absolute atomic E-state index is 0.188. The number of amides is 2. The van der Waals surface area contributed by atoms with Crippen molar-refractivity contribution in [1.82, 2.24) is 10.2 Å². The number of fused-ring (bicyclic) bond motifs is 1. The minimum atomic E-state index is -3.81. The zero-order chi connectivity index (χ0) is 26.1. The fraction of sp³-hybridized carbons (Fsp3) is 0.462. The SMILES string of the molecule is CCNC(=O)[C@@H](CC)N(CCc1ccccc1)C(=O)CN(c1ccc2c(c1)OCCO2)S(=O)(=O)CC. The number of sulfonamides is 1. The van der Waals surface area contributed by atoms with E-state index in [1.165, 1.54) is 11.8 Å². The highest BCUT2D eigenvalue weighted by atomic mass is 32.2. The van der Waals surface area contributed by atoms with E-state index >= 15 is 0 Å². The average Bonchev–Trinajstić information content (AvgIpc) is 2.89. The van der Waals surface area contributed by atoms with Gasteiger partial charge in [0.2, 0.25) is 21.8 Å². The third-order valence-electron chi connectivity index (χ3n) is 6.01. The second-order valence-corrected chi connectivity index (χ2v) is 10.6. The Kier molecular flexibility index (Phi) is 9.58. The number of rotatable bonds is 12. The lowest BCUT2D eigenvalue weighted by atomic mass is 10.1. The molecule has 0 fully saturated rings. The van der Waals surface area contributed by atoms with Gasteiger partial charge < -0.3 is 19.7 Å². The normalized spacial score (nSPS) is 13.5. The molecule has 0 aliphatic carbocycles. The van der Waals surface area contributed by atoms with Gasteiger partial charge in [0.1, 0.15) is 25.8 Å². The molecule has 2 amide bonds. The van der Waals surface area contributed by atoms with E-state index in [0.717, 1.165) is 9.87 Å². The smallest absolute Gasteiger partial charge is 0.244 e. The number of likely N-dealkylation sites (N-methyl/N-ethyl adjacent to an activating group) is 1. The lowest BCUT2D eigenvalue weighted by molar-refractivity contribution is -0.139. The minimum Gasteiger partial charge on any atom is -0.486 e. The highest BCUT2D eigenvalue weighted by molar-refractivity contribution is 7.92. The highest BCUT2D eigenvalue weighted by Gasteiger charge is 2.32. The number of nitrogens with one attached hydrogen (secondary N) is 1. The Morgan fingerprint density at radius 2 is 1.69 bits per heavy atom. The first-order valence-corrected chi connectivity index (χ1v) is 13.9. The summed E-state index contributed by atoms with van der Waals surface area (Å²) in [5.74, 6) is 0.0578. The van der Waals surface area contributed by atoms with Gasteiger partial charge in [0.15, 0.2) is 11.5 Å². The maximum absolute atomic E-state index is 13.7. The van der Waals surface area contributed by atoms with Crippen molar-refractivity contribution in [1.29, 1.82) is 0 Å². The van der Waals surface area contributed by atoms with Crippen LogP contribution in [0, 0.1) is 0 Å². The zero-order valence-corrected chi connectivity index (χ0v) is 21.9. The standard InChI is InChI=1S/C26H35N3O6S/c1-4-22(26(31)27-5-2)28(15-14-20-10-8-7-9-11-20)25(30)19-29(36(32,33)6-3)21-12-13-23-24(18-21)35-17-16-34-23/h7-13,18,22H,4-6,14-17,19H2,1-3H3,(H,27,31)/t22-/m1/s1. The molecule has 2 aromatic rings. The summed E-state index contributed by atoms with van der Waals surface area (Å²) >= 11 is 0. The molecule has 3 rings (SSSR count). The lowest BCUT2D eigenvalue weighted by Crippen LogP contribution is -2.53. The summed E-state index contributed by atoms with van der Waals surface area (Å²) in [4.78, 5) is 28.0. The van der Waals surface area contributed by atoms with E-state index in [9.17, 15) is 18.0 Å². The first-order chi connectivity index (χ1) is 17.3. The largest absolute Gasteiger partial charge is 0.486 e. The number of benzene rings is 2. The van der Waals surface area contributed by atoms with Gasteiger partial charge in [0.05, 0.1) is 11.4 Å². The molecular weight excluding hydrogens is 482 g/mol. The fourth-order valence-corrected chi connectivity index (χ4v) is 5.15. The van der Waals surface area contributed by atoms with Crippen molar-refractivity contribution in [2.24, 2.45) is 0 Å². The second-order valence-electron chi connectivity index (χ2n) is 8.38. The van der Waals surface area contributed by atoms with Crippen molar-refractivity contribution >= 4 is 27.5 Å². The molecule has 196 valence electrons. The number of anilines is 1. The number of ether oxygens (including phenoxy) is 2. The van der Waals surface area contributed by atoms with Crippen molar-refractivity contribution < 1.29 is 27.5 Å².